The van der Waals surface area contributed by atoms with Crippen molar-refractivity contribution in [1.29, 1.82) is 0 Å². The lowest BCUT2D eigenvalue weighted by Crippen LogP contribution is -2.32. The first-order valence-corrected chi connectivity index (χ1v) is 10.6. The molecule has 0 saturated heterocycles. The maximum absolute atomic E-state index is 12.7. The van der Waals surface area contributed by atoms with Crippen molar-refractivity contribution in [3.05, 3.63) is 52.2 Å². The second-order valence-corrected chi connectivity index (χ2v) is 8.94. The third-order valence-electron chi connectivity index (χ3n) is 5.28. The fourth-order valence-electron chi connectivity index (χ4n) is 3.82. The number of nitrogens with zero attached hydrogens (tertiary/aromatic N) is 4. The number of aromatic nitrogens is 2. The number of aryl methyl sites for hydroxylation is 1. The Bertz CT molecular complexity index is 1040. The van der Waals surface area contributed by atoms with Crippen LogP contribution in [-0.2, 0) is 26.1 Å². The third kappa shape index (κ3) is 4.37. The first-order chi connectivity index (χ1) is 14.2. The molecule has 0 radical (unpaired) electrons. The van der Waals surface area contributed by atoms with Gasteiger partial charge in [0, 0.05) is 67.5 Å². The van der Waals surface area contributed by atoms with Crippen LogP contribution in [-0.4, -0.2) is 52.3 Å². The molecule has 2 aromatic heterocycles. The number of rotatable bonds is 5. The van der Waals surface area contributed by atoms with Crippen molar-refractivity contribution >= 4 is 27.3 Å². The summed E-state index contributed by atoms with van der Waals surface area (Å²) in [5.74, 6) is -0.277. The molecule has 1 aliphatic heterocycles. The molecule has 3 heterocycles. The Kier molecular flexibility index (Phi) is 5.59. The summed E-state index contributed by atoms with van der Waals surface area (Å²) in [6.45, 7) is 1.70. The van der Waals surface area contributed by atoms with E-state index in [1.165, 1.54) is 24.5 Å². The zero-order valence-corrected chi connectivity index (χ0v) is 17.7. The van der Waals surface area contributed by atoms with Crippen molar-refractivity contribution in [1.82, 2.24) is 19.6 Å². The molecule has 0 aliphatic carbocycles. The number of carbonyl (C=O) groups excluding carboxylic acids is 1. The monoisotopic (exact) mass is 436 g/mol. The average molecular weight is 437 g/mol. The van der Waals surface area contributed by atoms with Gasteiger partial charge >= 0.3 is 6.18 Å². The van der Waals surface area contributed by atoms with E-state index >= 15 is 0 Å². The van der Waals surface area contributed by atoms with E-state index in [4.69, 9.17) is 0 Å². The van der Waals surface area contributed by atoms with E-state index in [1.54, 1.807) is 25.4 Å². The van der Waals surface area contributed by atoms with Crippen molar-refractivity contribution in [2.45, 2.75) is 38.7 Å². The van der Waals surface area contributed by atoms with Gasteiger partial charge in [-0.1, -0.05) is 18.2 Å². The van der Waals surface area contributed by atoms with Crippen LogP contribution in [0.25, 0.3) is 10.1 Å². The Hall–Kier alpha value is -2.39. The number of hydrogen-bond acceptors (Lipinski definition) is 4. The SMILES string of the molecule is CN(C)C(=O)c1nn(CCC(F)(F)F)c2c1CN(Cc1cc3ccccc3s1)CC2. The number of carbonyl (C=O) groups is 1. The lowest BCUT2D eigenvalue weighted by atomic mass is 10.0. The van der Waals surface area contributed by atoms with Crippen LogP contribution in [0, 0.1) is 0 Å². The van der Waals surface area contributed by atoms with E-state index in [1.807, 2.05) is 12.1 Å². The normalized spacial score (nSPS) is 14.8. The first kappa shape index (κ1) is 20.9. The number of fused-ring (bicyclic) bond motifs is 2. The molecular formula is C21H23F3N4OS. The second-order valence-electron chi connectivity index (χ2n) is 7.77. The molecule has 1 aliphatic rings. The van der Waals surface area contributed by atoms with Gasteiger partial charge in [-0.05, 0) is 17.5 Å². The van der Waals surface area contributed by atoms with E-state index in [0.717, 1.165) is 17.8 Å². The van der Waals surface area contributed by atoms with Gasteiger partial charge in [0.1, 0.15) is 0 Å². The van der Waals surface area contributed by atoms with Gasteiger partial charge in [0.25, 0.3) is 5.91 Å². The number of alkyl halides is 3. The minimum absolute atomic E-state index is 0.261. The lowest BCUT2D eigenvalue weighted by Gasteiger charge is -2.27. The van der Waals surface area contributed by atoms with Crippen LogP contribution >= 0.6 is 11.3 Å². The molecule has 5 nitrogen and oxygen atoms in total. The van der Waals surface area contributed by atoms with Crippen molar-refractivity contribution in [3.8, 4) is 0 Å². The van der Waals surface area contributed by atoms with Crippen molar-refractivity contribution < 1.29 is 18.0 Å². The molecule has 0 spiro atoms. The number of benzene rings is 1. The van der Waals surface area contributed by atoms with Crippen LogP contribution in [0.4, 0.5) is 13.2 Å². The molecule has 160 valence electrons. The van der Waals surface area contributed by atoms with Crippen LogP contribution in [0.5, 0.6) is 0 Å². The molecule has 0 atom stereocenters. The highest BCUT2D eigenvalue weighted by atomic mass is 32.1. The number of hydrogen-bond donors (Lipinski definition) is 0. The maximum Gasteiger partial charge on any atom is 0.390 e. The summed E-state index contributed by atoms with van der Waals surface area (Å²) in [6, 6.07) is 10.4. The third-order valence-corrected chi connectivity index (χ3v) is 6.39. The summed E-state index contributed by atoms with van der Waals surface area (Å²) in [4.78, 5) is 17.5. The second kappa shape index (κ2) is 8.03. The minimum Gasteiger partial charge on any atom is -0.343 e. The Morgan fingerprint density at radius 2 is 2.03 bits per heavy atom. The fraction of sp³-hybridized carbons (Fsp3) is 0.429. The molecule has 3 aromatic rings. The van der Waals surface area contributed by atoms with Gasteiger partial charge in [-0.2, -0.15) is 18.3 Å². The number of halogens is 3. The van der Waals surface area contributed by atoms with Gasteiger partial charge in [0.05, 0.1) is 6.42 Å². The molecule has 0 unspecified atom stereocenters. The van der Waals surface area contributed by atoms with Crippen LogP contribution in [0.2, 0.25) is 0 Å². The Labute approximate surface area is 176 Å². The molecule has 30 heavy (non-hydrogen) atoms. The molecule has 9 heteroatoms. The van der Waals surface area contributed by atoms with E-state index in [2.05, 4.69) is 28.2 Å². The number of thiophene rings is 1. The largest absolute Gasteiger partial charge is 0.390 e. The molecule has 4 rings (SSSR count). The summed E-state index contributed by atoms with van der Waals surface area (Å²) in [6.07, 6.45) is -4.64. The minimum atomic E-state index is -4.26. The van der Waals surface area contributed by atoms with Gasteiger partial charge in [-0.25, -0.2) is 0 Å². The predicted octanol–water partition coefficient (Wildman–Crippen LogP) is 4.31. The average Bonchev–Trinajstić information content (AvgIpc) is 3.25. The van der Waals surface area contributed by atoms with E-state index in [-0.39, 0.29) is 18.1 Å². The predicted molar refractivity (Wildman–Crippen MR) is 111 cm³/mol. The highest BCUT2D eigenvalue weighted by molar-refractivity contribution is 7.19. The van der Waals surface area contributed by atoms with E-state index in [0.29, 0.717) is 19.5 Å². The van der Waals surface area contributed by atoms with Crippen molar-refractivity contribution in [2.24, 2.45) is 0 Å². The summed E-state index contributed by atoms with van der Waals surface area (Å²) >= 11 is 1.74. The standard InChI is InChI=1S/C21H23F3N4OS/c1-26(2)20(29)19-16-13-27(12-15-11-14-5-3-4-6-18(14)30-15)9-7-17(16)28(25-19)10-8-21(22,23)24/h3-6,11H,7-10,12-13H2,1-2H3. The Balaban J connectivity index is 1.58. The molecule has 0 N–H and O–H groups in total. The van der Waals surface area contributed by atoms with Gasteiger partial charge in [0.2, 0.25) is 0 Å². The van der Waals surface area contributed by atoms with E-state index in [9.17, 15) is 18.0 Å². The molecule has 0 fully saturated rings. The first-order valence-electron chi connectivity index (χ1n) is 9.78. The summed E-state index contributed by atoms with van der Waals surface area (Å²) in [7, 11) is 3.25. The molecule has 1 amide bonds. The van der Waals surface area contributed by atoms with Gasteiger partial charge in [0.15, 0.2) is 5.69 Å². The quantitative estimate of drug-likeness (QED) is 0.599. The van der Waals surface area contributed by atoms with Crippen LogP contribution in [0.3, 0.4) is 0 Å². The Morgan fingerprint density at radius 1 is 1.27 bits per heavy atom. The number of amides is 1. The zero-order valence-electron chi connectivity index (χ0n) is 16.9. The van der Waals surface area contributed by atoms with Gasteiger partial charge in [-0.15, -0.1) is 11.3 Å². The van der Waals surface area contributed by atoms with Gasteiger partial charge < -0.3 is 4.90 Å². The maximum atomic E-state index is 12.7. The molecule has 1 aromatic carbocycles. The highest BCUT2D eigenvalue weighted by Gasteiger charge is 2.32. The van der Waals surface area contributed by atoms with Crippen molar-refractivity contribution in [2.75, 3.05) is 20.6 Å². The summed E-state index contributed by atoms with van der Waals surface area (Å²) in [5, 5.41) is 5.50. The van der Waals surface area contributed by atoms with Crippen LogP contribution in [0.15, 0.2) is 30.3 Å². The van der Waals surface area contributed by atoms with Crippen LogP contribution < -0.4 is 0 Å². The van der Waals surface area contributed by atoms with E-state index < -0.39 is 12.6 Å². The summed E-state index contributed by atoms with van der Waals surface area (Å²) in [5.41, 5.74) is 1.76. The Morgan fingerprint density at radius 3 is 2.73 bits per heavy atom. The molecular weight excluding hydrogens is 413 g/mol. The summed E-state index contributed by atoms with van der Waals surface area (Å²) < 4.78 is 40.8. The highest BCUT2D eigenvalue weighted by Crippen LogP contribution is 2.30. The molecule has 0 bridgehead atoms. The van der Waals surface area contributed by atoms with Gasteiger partial charge in [-0.3, -0.25) is 14.4 Å². The lowest BCUT2D eigenvalue weighted by molar-refractivity contribution is -0.137. The fourth-order valence-corrected chi connectivity index (χ4v) is 4.92. The topological polar surface area (TPSA) is 41.4 Å². The molecule has 0 saturated carbocycles. The van der Waals surface area contributed by atoms with Crippen LogP contribution in [0.1, 0.15) is 33.0 Å². The van der Waals surface area contributed by atoms with Crippen molar-refractivity contribution in [3.63, 3.8) is 0 Å². The zero-order chi connectivity index (χ0) is 21.5. The smallest absolute Gasteiger partial charge is 0.343 e.